The largest absolute Gasteiger partial charge is 0.351 e. The van der Waals surface area contributed by atoms with E-state index in [9.17, 15) is 9.59 Å². The van der Waals surface area contributed by atoms with Crippen molar-refractivity contribution < 1.29 is 9.59 Å². The number of carbonyl (C=O) groups is 2. The molecular formula is C27H33N3O2S. The molecule has 0 saturated heterocycles. The Labute approximate surface area is 199 Å². The lowest BCUT2D eigenvalue weighted by atomic mass is 9.77. The summed E-state index contributed by atoms with van der Waals surface area (Å²) in [5, 5.41) is 5.43. The highest BCUT2D eigenvalue weighted by Crippen LogP contribution is 2.39. The van der Waals surface area contributed by atoms with Crippen molar-refractivity contribution in [2.24, 2.45) is 11.8 Å². The molecule has 174 valence electrons. The Morgan fingerprint density at radius 2 is 1.94 bits per heavy atom. The number of aromatic nitrogens is 1. The summed E-state index contributed by atoms with van der Waals surface area (Å²) >= 11 is 1.63. The smallest absolute Gasteiger partial charge is 0.275 e. The van der Waals surface area contributed by atoms with Crippen LogP contribution in [-0.4, -0.2) is 28.0 Å². The number of thiophene rings is 1. The van der Waals surface area contributed by atoms with Gasteiger partial charge in [-0.1, -0.05) is 38.8 Å². The lowest BCUT2D eigenvalue weighted by molar-refractivity contribution is -0.128. The molecule has 3 aromatic rings. The molecule has 1 fully saturated rings. The third-order valence-electron chi connectivity index (χ3n) is 8.02. The summed E-state index contributed by atoms with van der Waals surface area (Å²) in [6.45, 7) is 10.9. The van der Waals surface area contributed by atoms with Gasteiger partial charge in [0.25, 0.3) is 5.91 Å². The predicted molar refractivity (Wildman–Crippen MR) is 135 cm³/mol. The molecule has 1 saturated carbocycles. The number of aryl methyl sites for hydroxylation is 2. The summed E-state index contributed by atoms with van der Waals surface area (Å²) in [5.74, 6) is 0.832. The first-order valence-corrected chi connectivity index (χ1v) is 12.9. The van der Waals surface area contributed by atoms with Gasteiger partial charge in [-0.05, 0) is 73.7 Å². The van der Waals surface area contributed by atoms with Crippen molar-refractivity contribution in [3.8, 4) is 0 Å². The maximum Gasteiger partial charge on any atom is 0.275 e. The average molecular weight is 464 g/mol. The van der Waals surface area contributed by atoms with E-state index in [0.29, 0.717) is 24.1 Å². The van der Waals surface area contributed by atoms with Crippen LogP contribution >= 0.6 is 11.3 Å². The van der Waals surface area contributed by atoms with Crippen LogP contribution in [0.3, 0.4) is 0 Å². The van der Waals surface area contributed by atoms with E-state index in [1.165, 1.54) is 6.42 Å². The summed E-state index contributed by atoms with van der Waals surface area (Å²) in [6.07, 6.45) is 3.33. The fraction of sp³-hybridized carbons (Fsp3) is 0.481. The van der Waals surface area contributed by atoms with Gasteiger partial charge in [-0.2, -0.15) is 0 Å². The molecule has 1 aliphatic carbocycles. The second-order valence-corrected chi connectivity index (χ2v) is 11.3. The molecule has 2 aromatic heterocycles. The van der Waals surface area contributed by atoms with Gasteiger partial charge in [0.15, 0.2) is 0 Å². The van der Waals surface area contributed by atoms with E-state index in [4.69, 9.17) is 0 Å². The van der Waals surface area contributed by atoms with Crippen LogP contribution in [-0.2, 0) is 11.3 Å². The van der Waals surface area contributed by atoms with E-state index in [1.807, 2.05) is 55.0 Å². The van der Waals surface area contributed by atoms with Gasteiger partial charge in [0.1, 0.15) is 11.2 Å². The monoisotopic (exact) mass is 463 g/mol. The highest BCUT2D eigenvalue weighted by atomic mass is 32.1. The maximum atomic E-state index is 14.1. The van der Waals surface area contributed by atoms with Crippen molar-refractivity contribution in [3.63, 3.8) is 0 Å². The zero-order valence-corrected chi connectivity index (χ0v) is 21.0. The fourth-order valence-electron chi connectivity index (χ4n) is 5.66. The highest BCUT2D eigenvalue weighted by molar-refractivity contribution is 7.17. The van der Waals surface area contributed by atoms with Crippen LogP contribution < -0.4 is 10.2 Å². The first-order valence-electron chi connectivity index (χ1n) is 12.0. The summed E-state index contributed by atoms with van der Waals surface area (Å²) < 4.78 is 3.13. The van der Waals surface area contributed by atoms with Gasteiger partial charge in [-0.3, -0.25) is 14.5 Å². The van der Waals surface area contributed by atoms with E-state index in [-0.39, 0.29) is 17.9 Å². The molecule has 0 radical (unpaired) electrons. The highest BCUT2D eigenvalue weighted by Gasteiger charge is 2.50. The van der Waals surface area contributed by atoms with E-state index in [2.05, 4.69) is 25.2 Å². The Morgan fingerprint density at radius 1 is 1.15 bits per heavy atom. The number of benzene rings is 1. The van der Waals surface area contributed by atoms with Crippen LogP contribution in [0.4, 0.5) is 5.69 Å². The number of carbonyl (C=O) groups excluding carboxylic acids is 2. The van der Waals surface area contributed by atoms with E-state index >= 15 is 0 Å². The number of hydrogen-bond acceptors (Lipinski definition) is 3. The van der Waals surface area contributed by atoms with Crippen molar-refractivity contribution in [1.82, 2.24) is 9.88 Å². The Bertz CT molecular complexity index is 1240. The van der Waals surface area contributed by atoms with Gasteiger partial charge in [0.2, 0.25) is 5.91 Å². The lowest BCUT2D eigenvalue weighted by Gasteiger charge is -2.46. The normalized spacial score (nSPS) is 27.6. The van der Waals surface area contributed by atoms with Crippen molar-refractivity contribution >= 4 is 39.1 Å². The van der Waals surface area contributed by atoms with E-state index in [0.717, 1.165) is 39.9 Å². The number of fused-ring (bicyclic) bond motifs is 3. The Kier molecular flexibility index (Phi) is 5.39. The van der Waals surface area contributed by atoms with Crippen LogP contribution in [0.1, 0.15) is 61.6 Å². The SMILES string of the molecule is Cc1ccc(C)c(N2C(=O)c3cc4sccc4n3C[C@]2(C)C(=O)N[C@@H]2CCC[C@@H](C)[C@H]2C)c1. The van der Waals surface area contributed by atoms with Crippen LogP contribution in [0.5, 0.6) is 0 Å². The minimum atomic E-state index is -1.03. The van der Waals surface area contributed by atoms with Crippen LogP contribution in [0.2, 0.25) is 0 Å². The van der Waals surface area contributed by atoms with Gasteiger partial charge >= 0.3 is 0 Å². The van der Waals surface area contributed by atoms with Gasteiger partial charge in [-0.25, -0.2) is 0 Å². The molecule has 2 aliphatic rings. The number of amides is 2. The second-order valence-electron chi connectivity index (χ2n) is 10.3. The molecule has 5 nitrogen and oxygen atoms in total. The first kappa shape index (κ1) is 22.2. The zero-order valence-electron chi connectivity index (χ0n) is 20.1. The molecule has 33 heavy (non-hydrogen) atoms. The molecular weight excluding hydrogens is 430 g/mol. The van der Waals surface area contributed by atoms with Crippen molar-refractivity contribution in [1.29, 1.82) is 0 Å². The van der Waals surface area contributed by atoms with Gasteiger partial charge in [0.05, 0.1) is 16.8 Å². The summed E-state index contributed by atoms with van der Waals surface area (Å²) in [5.41, 5.74) is 3.54. The molecule has 5 rings (SSSR count). The minimum Gasteiger partial charge on any atom is -0.351 e. The number of nitrogens with zero attached hydrogens (tertiary/aromatic N) is 2. The van der Waals surface area contributed by atoms with Gasteiger partial charge in [0, 0.05) is 11.7 Å². The molecule has 6 heteroatoms. The second kappa shape index (κ2) is 8.01. The molecule has 1 aromatic carbocycles. The third-order valence-corrected chi connectivity index (χ3v) is 8.88. The number of anilines is 1. The zero-order chi connectivity index (χ0) is 23.5. The number of hydrogen-bond donors (Lipinski definition) is 1. The molecule has 2 amide bonds. The van der Waals surface area contributed by atoms with Crippen molar-refractivity contribution in [2.45, 2.75) is 72.0 Å². The maximum absolute atomic E-state index is 14.1. The van der Waals surface area contributed by atoms with Crippen molar-refractivity contribution in [2.75, 3.05) is 4.90 Å². The summed E-state index contributed by atoms with van der Waals surface area (Å²) in [6, 6.07) is 10.3. The molecule has 4 atom stereocenters. The molecule has 1 aliphatic heterocycles. The third kappa shape index (κ3) is 3.50. The first-order chi connectivity index (χ1) is 15.7. The predicted octanol–water partition coefficient (Wildman–Crippen LogP) is 5.68. The molecule has 1 N–H and O–H groups in total. The average Bonchev–Trinajstić information content (AvgIpc) is 3.36. The van der Waals surface area contributed by atoms with Crippen LogP contribution in [0.15, 0.2) is 35.7 Å². The van der Waals surface area contributed by atoms with E-state index < -0.39 is 5.54 Å². The standard InChI is InChI=1S/C27H33N3O2S/c1-16-9-10-18(3)22(13-16)30-25(31)23-14-24-21(11-12-33-24)29(23)15-27(30,5)26(32)28-20-8-6-7-17(2)19(20)4/h9-14,17,19-20H,6-8,15H2,1-5H3,(H,28,32)/t17-,19-,20-,27-/m1/s1. The minimum absolute atomic E-state index is 0.0644. The fourth-order valence-corrected chi connectivity index (χ4v) is 6.48. The van der Waals surface area contributed by atoms with Crippen molar-refractivity contribution in [3.05, 3.63) is 52.5 Å². The number of rotatable bonds is 3. The van der Waals surface area contributed by atoms with Gasteiger partial charge in [-0.15, -0.1) is 11.3 Å². The van der Waals surface area contributed by atoms with Crippen LogP contribution in [0, 0.1) is 25.7 Å². The quantitative estimate of drug-likeness (QED) is 0.543. The topological polar surface area (TPSA) is 54.3 Å². The molecule has 0 unspecified atom stereocenters. The van der Waals surface area contributed by atoms with E-state index in [1.54, 1.807) is 16.2 Å². The molecule has 3 heterocycles. The summed E-state index contributed by atoms with van der Waals surface area (Å²) in [4.78, 5) is 29.8. The van der Waals surface area contributed by atoms with Gasteiger partial charge < -0.3 is 9.88 Å². The molecule has 0 bridgehead atoms. The Morgan fingerprint density at radius 3 is 2.73 bits per heavy atom. The van der Waals surface area contributed by atoms with Crippen LogP contribution in [0.25, 0.3) is 10.2 Å². The number of nitrogens with one attached hydrogen (secondary N) is 1. The lowest BCUT2D eigenvalue weighted by Crippen LogP contribution is -2.66. The Hall–Kier alpha value is -2.60. The summed E-state index contributed by atoms with van der Waals surface area (Å²) in [7, 11) is 0. The molecule has 0 spiro atoms. The Balaban J connectivity index is 1.61.